The van der Waals surface area contributed by atoms with Gasteiger partial charge in [-0.15, -0.1) is 0 Å². The minimum Gasteiger partial charge on any atom is -0.421 e. The SMILES string of the molecule is O=C(Oc1cnc2c(c1)N(Cc1ccccc1)C(=O)CN2)c1ccccc1. The molecular formula is C21H17N3O3. The third-order valence-corrected chi connectivity index (χ3v) is 4.24. The zero-order valence-corrected chi connectivity index (χ0v) is 14.5. The van der Waals surface area contributed by atoms with E-state index in [-0.39, 0.29) is 18.2 Å². The molecule has 2 heterocycles. The molecule has 0 saturated carbocycles. The zero-order valence-electron chi connectivity index (χ0n) is 14.5. The van der Waals surface area contributed by atoms with E-state index in [9.17, 15) is 9.59 Å². The molecule has 0 atom stereocenters. The summed E-state index contributed by atoms with van der Waals surface area (Å²) in [5.41, 5.74) is 2.05. The molecule has 0 bridgehead atoms. The van der Waals surface area contributed by atoms with E-state index < -0.39 is 5.97 Å². The second-order valence-electron chi connectivity index (χ2n) is 6.11. The molecule has 27 heavy (non-hydrogen) atoms. The Morgan fingerprint density at radius 1 is 1.07 bits per heavy atom. The molecule has 134 valence electrons. The van der Waals surface area contributed by atoms with Crippen LogP contribution in [0, 0.1) is 0 Å². The maximum absolute atomic E-state index is 12.4. The van der Waals surface area contributed by atoms with Crippen LogP contribution in [0.2, 0.25) is 0 Å². The molecule has 1 N–H and O–H groups in total. The lowest BCUT2D eigenvalue weighted by Crippen LogP contribution is -2.39. The number of anilines is 2. The predicted molar refractivity (Wildman–Crippen MR) is 102 cm³/mol. The lowest BCUT2D eigenvalue weighted by Gasteiger charge is -2.29. The Morgan fingerprint density at radius 3 is 2.52 bits per heavy atom. The van der Waals surface area contributed by atoms with Gasteiger partial charge >= 0.3 is 5.97 Å². The van der Waals surface area contributed by atoms with Gasteiger partial charge in [0.25, 0.3) is 0 Å². The summed E-state index contributed by atoms with van der Waals surface area (Å²) in [4.78, 5) is 30.7. The van der Waals surface area contributed by atoms with Gasteiger partial charge in [0.15, 0.2) is 11.6 Å². The summed E-state index contributed by atoms with van der Waals surface area (Å²) in [6.07, 6.45) is 1.48. The fourth-order valence-corrected chi connectivity index (χ4v) is 2.90. The number of nitrogens with one attached hydrogen (secondary N) is 1. The van der Waals surface area contributed by atoms with Crippen molar-refractivity contribution in [3.63, 3.8) is 0 Å². The number of esters is 1. The maximum atomic E-state index is 12.4. The summed E-state index contributed by atoms with van der Waals surface area (Å²) < 4.78 is 5.43. The van der Waals surface area contributed by atoms with Crippen molar-refractivity contribution in [2.24, 2.45) is 0 Å². The minimum atomic E-state index is -0.470. The molecule has 0 fully saturated rings. The second-order valence-corrected chi connectivity index (χ2v) is 6.11. The van der Waals surface area contributed by atoms with Crippen LogP contribution in [-0.4, -0.2) is 23.4 Å². The molecule has 1 aliphatic heterocycles. The summed E-state index contributed by atoms with van der Waals surface area (Å²) in [5.74, 6) is 0.337. The number of pyridine rings is 1. The number of amides is 1. The smallest absolute Gasteiger partial charge is 0.343 e. The number of ether oxygens (including phenoxy) is 1. The van der Waals surface area contributed by atoms with Crippen LogP contribution in [0.15, 0.2) is 72.9 Å². The average Bonchev–Trinajstić information content (AvgIpc) is 2.72. The predicted octanol–water partition coefficient (Wildman–Crippen LogP) is 3.26. The lowest BCUT2D eigenvalue weighted by atomic mass is 10.1. The standard InChI is InChI=1S/C21H17N3O3/c25-19-13-23-20-18(24(19)14-15-7-3-1-4-8-15)11-17(12-22-20)27-21(26)16-9-5-2-6-10-16/h1-12H,13-14H2,(H,22,23). The molecule has 1 aliphatic rings. The number of hydrogen-bond donors (Lipinski definition) is 1. The summed E-state index contributed by atoms with van der Waals surface area (Å²) in [5, 5.41) is 3.00. The second kappa shape index (κ2) is 7.29. The molecule has 2 aromatic carbocycles. The molecule has 6 heteroatoms. The summed E-state index contributed by atoms with van der Waals surface area (Å²) in [6.45, 7) is 0.599. The van der Waals surface area contributed by atoms with Crippen molar-refractivity contribution in [2.75, 3.05) is 16.8 Å². The summed E-state index contributed by atoms with van der Waals surface area (Å²) in [7, 11) is 0. The molecule has 0 saturated heterocycles. The van der Waals surface area contributed by atoms with Crippen LogP contribution < -0.4 is 15.0 Å². The van der Waals surface area contributed by atoms with Crippen LogP contribution in [0.5, 0.6) is 5.75 Å². The Bertz CT molecular complexity index is 974. The molecule has 1 amide bonds. The van der Waals surface area contributed by atoms with Crippen LogP contribution in [0.4, 0.5) is 11.5 Å². The topological polar surface area (TPSA) is 71.5 Å². The maximum Gasteiger partial charge on any atom is 0.343 e. The van der Waals surface area contributed by atoms with E-state index in [1.54, 1.807) is 35.2 Å². The van der Waals surface area contributed by atoms with Crippen molar-refractivity contribution >= 4 is 23.4 Å². The van der Waals surface area contributed by atoms with Gasteiger partial charge in [-0.2, -0.15) is 0 Å². The molecule has 3 aromatic rings. The molecule has 0 aliphatic carbocycles. The van der Waals surface area contributed by atoms with Gasteiger partial charge in [0.05, 0.1) is 30.5 Å². The fraction of sp³-hybridized carbons (Fsp3) is 0.0952. The number of nitrogens with zero attached hydrogens (tertiary/aromatic N) is 2. The summed E-state index contributed by atoms with van der Waals surface area (Å²) in [6, 6.07) is 20.1. The van der Waals surface area contributed by atoms with Gasteiger partial charge in [0.1, 0.15) is 0 Å². The molecule has 0 spiro atoms. The largest absolute Gasteiger partial charge is 0.421 e. The average molecular weight is 359 g/mol. The van der Waals surface area contributed by atoms with Gasteiger partial charge in [-0.05, 0) is 17.7 Å². The third kappa shape index (κ3) is 3.64. The van der Waals surface area contributed by atoms with E-state index in [1.807, 2.05) is 36.4 Å². The van der Waals surface area contributed by atoms with Crippen molar-refractivity contribution in [1.82, 2.24) is 4.98 Å². The first-order valence-electron chi connectivity index (χ1n) is 8.56. The quantitative estimate of drug-likeness (QED) is 0.724. The number of fused-ring (bicyclic) bond motifs is 1. The van der Waals surface area contributed by atoms with Gasteiger partial charge < -0.3 is 15.0 Å². The van der Waals surface area contributed by atoms with Crippen LogP contribution >= 0.6 is 0 Å². The van der Waals surface area contributed by atoms with Gasteiger partial charge in [-0.25, -0.2) is 9.78 Å². The minimum absolute atomic E-state index is 0.0697. The van der Waals surface area contributed by atoms with Crippen LogP contribution in [0.25, 0.3) is 0 Å². The van der Waals surface area contributed by atoms with Crippen molar-refractivity contribution in [2.45, 2.75) is 6.54 Å². The van der Waals surface area contributed by atoms with Crippen LogP contribution in [0.1, 0.15) is 15.9 Å². The van der Waals surface area contributed by atoms with E-state index in [0.29, 0.717) is 23.6 Å². The monoisotopic (exact) mass is 359 g/mol. The molecule has 1 aromatic heterocycles. The highest BCUT2D eigenvalue weighted by atomic mass is 16.5. The van der Waals surface area contributed by atoms with Gasteiger partial charge in [-0.1, -0.05) is 48.5 Å². The molecular weight excluding hydrogens is 342 g/mol. The Labute approximate surface area is 156 Å². The van der Waals surface area contributed by atoms with Gasteiger partial charge in [-0.3, -0.25) is 4.79 Å². The van der Waals surface area contributed by atoms with Gasteiger partial charge in [0.2, 0.25) is 5.91 Å². The number of benzene rings is 2. The summed E-state index contributed by atoms with van der Waals surface area (Å²) >= 11 is 0. The number of carbonyl (C=O) groups excluding carboxylic acids is 2. The Balaban J connectivity index is 1.61. The van der Waals surface area contributed by atoms with E-state index in [4.69, 9.17) is 4.74 Å². The molecule has 4 rings (SSSR count). The highest BCUT2D eigenvalue weighted by Gasteiger charge is 2.26. The lowest BCUT2D eigenvalue weighted by molar-refractivity contribution is -0.117. The van der Waals surface area contributed by atoms with E-state index >= 15 is 0 Å². The number of carbonyl (C=O) groups is 2. The zero-order chi connectivity index (χ0) is 18.6. The van der Waals surface area contributed by atoms with Crippen molar-refractivity contribution in [3.8, 4) is 5.75 Å². The highest BCUT2D eigenvalue weighted by Crippen LogP contribution is 2.32. The Hall–Kier alpha value is -3.67. The van der Waals surface area contributed by atoms with Crippen LogP contribution in [0.3, 0.4) is 0 Å². The molecule has 6 nitrogen and oxygen atoms in total. The van der Waals surface area contributed by atoms with Gasteiger partial charge in [0, 0.05) is 6.07 Å². The van der Waals surface area contributed by atoms with E-state index in [1.165, 1.54) is 6.20 Å². The normalized spacial score (nSPS) is 12.9. The molecule has 0 radical (unpaired) electrons. The van der Waals surface area contributed by atoms with E-state index in [2.05, 4.69) is 10.3 Å². The Morgan fingerprint density at radius 2 is 1.78 bits per heavy atom. The first kappa shape index (κ1) is 16.8. The van der Waals surface area contributed by atoms with Crippen LogP contribution in [-0.2, 0) is 11.3 Å². The fourth-order valence-electron chi connectivity index (χ4n) is 2.90. The Kier molecular flexibility index (Phi) is 4.53. The van der Waals surface area contributed by atoms with E-state index in [0.717, 1.165) is 5.56 Å². The van der Waals surface area contributed by atoms with Crippen molar-refractivity contribution < 1.29 is 14.3 Å². The number of rotatable bonds is 4. The molecule has 0 unspecified atom stereocenters. The highest BCUT2D eigenvalue weighted by molar-refractivity contribution is 6.02. The number of aromatic nitrogens is 1. The number of hydrogen-bond acceptors (Lipinski definition) is 5. The first-order chi connectivity index (χ1) is 13.2. The third-order valence-electron chi connectivity index (χ3n) is 4.24. The van der Waals surface area contributed by atoms with Crippen molar-refractivity contribution in [3.05, 3.63) is 84.1 Å². The first-order valence-corrected chi connectivity index (χ1v) is 8.56. The van der Waals surface area contributed by atoms with Crippen molar-refractivity contribution in [1.29, 1.82) is 0 Å².